The van der Waals surface area contributed by atoms with E-state index in [1.165, 1.54) is 11.1 Å². The summed E-state index contributed by atoms with van der Waals surface area (Å²) in [7, 11) is 0. The van der Waals surface area contributed by atoms with E-state index in [0.29, 0.717) is 12.5 Å². The molecule has 0 radical (unpaired) electrons. The quantitative estimate of drug-likeness (QED) is 0.618. The number of allylic oxidation sites excluding steroid dienone is 1. The summed E-state index contributed by atoms with van der Waals surface area (Å²) in [5.74, 6) is 1.58. The van der Waals surface area contributed by atoms with E-state index < -0.39 is 0 Å². The highest BCUT2D eigenvalue weighted by atomic mass is 16.5. The summed E-state index contributed by atoms with van der Waals surface area (Å²) < 4.78 is 5.77. The first kappa shape index (κ1) is 15.8. The van der Waals surface area contributed by atoms with Gasteiger partial charge < -0.3 is 4.74 Å². The van der Waals surface area contributed by atoms with E-state index in [9.17, 15) is 0 Å². The molecule has 0 aromatic heterocycles. The fourth-order valence-corrected chi connectivity index (χ4v) is 2.41. The van der Waals surface area contributed by atoms with Crippen molar-refractivity contribution in [3.63, 3.8) is 0 Å². The van der Waals surface area contributed by atoms with Crippen molar-refractivity contribution in [3.8, 4) is 5.75 Å². The summed E-state index contributed by atoms with van der Waals surface area (Å²) in [5.41, 5.74) is 2.80. The molecule has 1 aromatic carbocycles. The van der Waals surface area contributed by atoms with Crippen molar-refractivity contribution in [3.05, 3.63) is 42.0 Å². The van der Waals surface area contributed by atoms with Crippen LogP contribution in [0.3, 0.4) is 0 Å². The molecule has 1 unspecified atom stereocenters. The molecule has 1 heteroatoms. The molecule has 0 heterocycles. The van der Waals surface area contributed by atoms with Crippen LogP contribution in [0.15, 0.2) is 30.9 Å². The van der Waals surface area contributed by atoms with E-state index in [0.717, 1.165) is 18.6 Å². The minimum atomic E-state index is 0.104. The maximum absolute atomic E-state index is 5.77. The van der Waals surface area contributed by atoms with Crippen LogP contribution in [-0.4, -0.2) is 6.61 Å². The van der Waals surface area contributed by atoms with Crippen LogP contribution in [0.4, 0.5) is 0 Å². The monoisotopic (exact) mass is 260 g/mol. The molecule has 19 heavy (non-hydrogen) atoms. The Labute approximate surface area is 118 Å². The van der Waals surface area contributed by atoms with Crippen LogP contribution >= 0.6 is 0 Å². The van der Waals surface area contributed by atoms with E-state index in [2.05, 4.69) is 52.5 Å². The van der Waals surface area contributed by atoms with Gasteiger partial charge in [0, 0.05) is 0 Å². The van der Waals surface area contributed by atoms with E-state index >= 15 is 0 Å². The maximum Gasteiger partial charge on any atom is 0.123 e. The minimum absolute atomic E-state index is 0.104. The minimum Gasteiger partial charge on any atom is -0.494 e. The molecule has 0 saturated heterocycles. The summed E-state index contributed by atoms with van der Waals surface area (Å²) >= 11 is 0. The van der Waals surface area contributed by atoms with Gasteiger partial charge in [0.15, 0.2) is 0 Å². The molecular weight excluding hydrogens is 232 g/mol. The van der Waals surface area contributed by atoms with Crippen molar-refractivity contribution >= 4 is 0 Å². The van der Waals surface area contributed by atoms with Crippen LogP contribution in [0.1, 0.15) is 64.5 Å². The second-order valence-electron chi connectivity index (χ2n) is 6.07. The molecule has 0 fully saturated rings. The second-order valence-corrected chi connectivity index (χ2v) is 6.07. The summed E-state index contributed by atoms with van der Waals surface area (Å²) in [4.78, 5) is 0. The van der Waals surface area contributed by atoms with Gasteiger partial charge in [-0.3, -0.25) is 0 Å². The third-order valence-corrected chi connectivity index (χ3v) is 3.53. The van der Waals surface area contributed by atoms with Crippen molar-refractivity contribution in [2.75, 3.05) is 6.61 Å². The van der Waals surface area contributed by atoms with Gasteiger partial charge in [-0.05, 0) is 48.3 Å². The van der Waals surface area contributed by atoms with Gasteiger partial charge in [0.05, 0.1) is 6.61 Å². The Morgan fingerprint density at radius 3 is 2.42 bits per heavy atom. The summed E-state index contributed by atoms with van der Waals surface area (Å²) in [6.45, 7) is 15.6. The number of ether oxygens (including phenoxy) is 1. The largest absolute Gasteiger partial charge is 0.494 e. The highest BCUT2D eigenvalue weighted by Gasteiger charge is 2.21. The van der Waals surface area contributed by atoms with Crippen molar-refractivity contribution in [1.82, 2.24) is 0 Å². The SMILES string of the molecule is C=CCC(CC)c1ccc(OCC)c(C(C)(C)C)c1. The molecule has 0 aliphatic carbocycles. The number of rotatable bonds is 6. The molecule has 1 rings (SSSR count). The Balaban J connectivity index is 3.20. The predicted molar refractivity (Wildman–Crippen MR) is 84.2 cm³/mol. The Kier molecular flexibility index (Phi) is 5.65. The topological polar surface area (TPSA) is 9.23 Å². The van der Waals surface area contributed by atoms with Gasteiger partial charge in [-0.1, -0.05) is 45.9 Å². The van der Waals surface area contributed by atoms with Gasteiger partial charge in [-0.2, -0.15) is 0 Å². The zero-order valence-electron chi connectivity index (χ0n) is 13.1. The molecule has 1 nitrogen and oxygen atoms in total. The molecule has 0 aliphatic rings. The highest BCUT2D eigenvalue weighted by molar-refractivity contribution is 5.42. The smallest absolute Gasteiger partial charge is 0.123 e. The molecule has 106 valence electrons. The fourth-order valence-electron chi connectivity index (χ4n) is 2.41. The molecule has 0 spiro atoms. The lowest BCUT2D eigenvalue weighted by atomic mass is 9.82. The van der Waals surface area contributed by atoms with Crippen molar-refractivity contribution < 1.29 is 4.74 Å². The Hall–Kier alpha value is -1.24. The van der Waals surface area contributed by atoms with E-state index in [1.54, 1.807) is 0 Å². The van der Waals surface area contributed by atoms with E-state index in [1.807, 2.05) is 13.0 Å². The number of hydrogen-bond acceptors (Lipinski definition) is 1. The Bertz CT molecular complexity index is 412. The molecule has 0 aliphatic heterocycles. The highest BCUT2D eigenvalue weighted by Crippen LogP contribution is 2.35. The van der Waals surface area contributed by atoms with Crippen LogP contribution in [0, 0.1) is 0 Å². The molecule has 0 N–H and O–H groups in total. The third-order valence-electron chi connectivity index (χ3n) is 3.53. The van der Waals surface area contributed by atoms with Crippen LogP contribution in [0.5, 0.6) is 5.75 Å². The molecule has 1 aromatic rings. The van der Waals surface area contributed by atoms with E-state index in [-0.39, 0.29) is 5.41 Å². The third kappa shape index (κ3) is 4.12. The van der Waals surface area contributed by atoms with E-state index in [4.69, 9.17) is 4.74 Å². The Morgan fingerprint density at radius 2 is 1.95 bits per heavy atom. The summed E-state index contributed by atoms with van der Waals surface area (Å²) in [6.07, 6.45) is 4.19. The van der Waals surface area contributed by atoms with Crippen LogP contribution in [-0.2, 0) is 5.41 Å². The number of hydrogen-bond donors (Lipinski definition) is 0. The maximum atomic E-state index is 5.77. The van der Waals surface area contributed by atoms with Crippen molar-refractivity contribution in [1.29, 1.82) is 0 Å². The molecule has 1 atom stereocenters. The molecule has 0 bridgehead atoms. The predicted octanol–water partition coefficient (Wildman–Crippen LogP) is 5.45. The first-order valence-electron chi connectivity index (χ1n) is 7.32. The molecule has 0 saturated carbocycles. The van der Waals surface area contributed by atoms with Crippen LogP contribution in [0.25, 0.3) is 0 Å². The zero-order valence-corrected chi connectivity index (χ0v) is 13.1. The van der Waals surface area contributed by atoms with Crippen LogP contribution < -0.4 is 4.74 Å². The lowest BCUT2D eigenvalue weighted by Crippen LogP contribution is -2.14. The van der Waals surface area contributed by atoms with Gasteiger partial charge in [-0.15, -0.1) is 6.58 Å². The normalized spacial score (nSPS) is 13.1. The van der Waals surface area contributed by atoms with Gasteiger partial charge in [0.2, 0.25) is 0 Å². The second kappa shape index (κ2) is 6.79. The molecule has 0 amide bonds. The zero-order chi connectivity index (χ0) is 14.5. The standard InChI is InChI=1S/C18H28O/c1-7-10-14(8-2)15-11-12-17(19-9-3)16(13-15)18(4,5)6/h7,11-14H,1,8-10H2,2-6H3. The van der Waals surface area contributed by atoms with Gasteiger partial charge in [0.1, 0.15) is 5.75 Å². The van der Waals surface area contributed by atoms with Gasteiger partial charge in [-0.25, -0.2) is 0 Å². The van der Waals surface area contributed by atoms with Gasteiger partial charge >= 0.3 is 0 Å². The van der Waals surface area contributed by atoms with Gasteiger partial charge in [0.25, 0.3) is 0 Å². The lowest BCUT2D eigenvalue weighted by Gasteiger charge is -2.25. The van der Waals surface area contributed by atoms with Crippen molar-refractivity contribution in [2.45, 2.75) is 58.8 Å². The van der Waals surface area contributed by atoms with Crippen LogP contribution in [0.2, 0.25) is 0 Å². The number of benzene rings is 1. The van der Waals surface area contributed by atoms with Crippen molar-refractivity contribution in [2.24, 2.45) is 0 Å². The fraction of sp³-hybridized carbons (Fsp3) is 0.556. The summed E-state index contributed by atoms with van der Waals surface area (Å²) in [5, 5.41) is 0. The lowest BCUT2D eigenvalue weighted by molar-refractivity contribution is 0.329. The average molecular weight is 260 g/mol. The Morgan fingerprint density at radius 1 is 1.26 bits per heavy atom. The average Bonchev–Trinajstić information content (AvgIpc) is 2.35. The first-order valence-corrected chi connectivity index (χ1v) is 7.32. The molecular formula is C18H28O. The first-order chi connectivity index (χ1) is 8.93. The summed E-state index contributed by atoms with van der Waals surface area (Å²) in [6, 6.07) is 6.66.